The van der Waals surface area contributed by atoms with Crippen molar-refractivity contribution >= 4 is 0 Å². The number of nitrogens with zero attached hydrogens (tertiary/aromatic N) is 2. The first-order valence-electron chi connectivity index (χ1n) is 6.33. The highest BCUT2D eigenvalue weighted by Crippen LogP contribution is 2.22. The second-order valence-corrected chi connectivity index (χ2v) is 5.30. The molecule has 0 radical (unpaired) electrons. The number of aliphatic hydroxyl groups is 1. The highest BCUT2D eigenvalue weighted by Gasteiger charge is 2.30. The molecule has 2 fully saturated rings. The van der Waals surface area contributed by atoms with Crippen molar-refractivity contribution < 1.29 is 5.11 Å². The lowest BCUT2D eigenvalue weighted by Crippen LogP contribution is -2.46. The van der Waals surface area contributed by atoms with Gasteiger partial charge in [-0.2, -0.15) is 0 Å². The highest BCUT2D eigenvalue weighted by atomic mass is 16.3. The summed E-state index contributed by atoms with van der Waals surface area (Å²) in [7, 11) is 0. The van der Waals surface area contributed by atoms with E-state index in [2.05, 4.69) is 23.6 Å². The van der Waals surface area contributed by atoms with Crippen molar-refractivity contribution in [1.82, 2.24) is 9.80 Å². The monoisotopic (exact) mass is 212 g/mol. The first-order valence-corrected chi connectivity index (χ1v) is 6.33. The Kier molecular flexibility index (Phi) is 3.65. The third kappa shape index (κ3) is 2.71. The Morgan fingerprint density at radius 2 is 1.73 bits per heavy atom. The van der Waals surface area contributed by atoms with Crippen molar-refractivity contribution in [3.05, 3.63) is 0 Å². The van der Waals surface area contributed by atoms with Crippen LogP contribution in [0.1, 0.15) is 33.1 Å². The van der Waals surface area contributed by atoms with Crippen molar-refractivity contribution in [1.29, 1.82) is 0 Å². The number of piperidine rings is 1. The van der Waals surface area contributed by atoms with Gasteiger partial charge in [0, 0.05) is 25.2 Å². The predicted molar refractivity (Wildman–Crippen MR) is 61.9 cm³/mol. The van der Waals surface area contributed by atoms with Crippen LogP contribution in [-0.4, -0.2) is 59.3 Å². The summed E-state index contributed by atoms with van der Waals surface area (Å²) in [5.74, 6) is 0. The second kappa shape index (κ2) is 4.81. The normalized spacial score (nSPS) is 31.6. The molecule has 2 saturated heterocycles. The molecule has 3 heteroatoms. The molecule has 0 spiro atoms. The molecule has 0 aromatic carbocycles. The van der Waals surface area contributed by atoms with Gasteiger partial charge in [0.05, 0.1) is 6.10 Å². The summed E-state index contributed by atoms with van der Waals surface area (Å²) < 4.78 is 0. The first kappa shape index (κ1) is 11.4. The standard InChI is InChI=1S/C12H24N2O/c1-10(2)13-6-3-11(4-7-13)14-8-5-12(15)9-14/h10-12,15H,3-9H2,1-2H3. The van der Waals surface area contributed by atoms with Crippen LogP contribution in [-0.2, 0) is 0 Å². The first-order chi connectivity index (χ1) is 7.16. The van der Waals surface area contributed by atoms with Crippen molar-refractivity contribution in [2.24, 2.45) is 0 Å². The van der Waals surface area contributed by atoms with Gasteiger partial charge in [0.1, 0.15) is 0 Å². The molecule has 2 aliphatic rings. The molecule has 0 aromatic rings. The number of hydrogen-bond donors (Lipinski definition) is 1. The van der Waals surface area contributed by atoms with E-state index >= 15 is 0 Å². The molecule has 2 rings (SSSR count). The Bertz CT molecular complexity index is 200. The minimum atomic E-state index is -0.0619. The van der Waals surface area contributed by atoms with Crippen LogP contribution < -0.4 is 0 Å². The fourth-order valence-electron chi connectivity index (χ4n) is 2.87. The number of likely N-dealkylation sites (tertiary alicyclic amines) is 2. The Balaban J connectivity index is 1.78. The van der Waals surface area contributed by atoms with Gasteiger partial charge in [-0.3, -0.25) is 4.90 Å². The molecule has 0 saturated carbocycles. The molecule has 15 heavy (non-hydrogen) atoms. The Hall–Kier alpha value is -0.120. The second-order valence-electron chi connectivity index (χ2n) is 5.30. The van der Waals surface area contributed by atoms with Gasteiger partial charge in [-0.05, 0) is 46.2 Å². The third-order valence-corrected chi connectivity index (χ3v) is 3.94. The predicted octanol–water partition coefficient (Wildman–Crippen LogP) is 0.926. The molecular weight excluding hydrogens is 188 g/mol. The molecule has 0 bridgehead atoms. The van der Waals surface area contributed by atoms with E-state index in [0.717, 1.165) is 25.6 Å². The molecule has 1 unspecified atom stereocenters. The zero-order chi connectivity index (χ0) is 10.8. The van der Waals surface area contributed by atoms with Crippen LogP contribution >= 0.6 is 0 Å². The lowest BCUT2D eigenvalue weighted by Gasteiger charge is -2.38. The maximum atomic E-state index is 9.52. The largest absolute Gasteiger partial charge is 0.392 e. The van der Waals surface area contributed by atoms with Crippen LogP contribution in [0.5, 0.6) is 0 Å². The molecule has 0 aliphatic carbocycles. The van der Waals surface area contributed by atoms with E-state index in [1.165, 1.54) is 25.9 Å². The van der Waals surface area contributed by atoms with Gasteiger partial charge in [0.15, 0.2) is 0 Å². The van der Waals surface area contributed by atoms with Crippen LogP contribution in [0.25, 0.3) is 0 Å². The summed E-state index contributed by atoms with van der Waals surface area (Å²) in [5, 5.41) is 9.52. The summed E-state index contributed by atoms with van der Waals surface area (Å²) in [4.78, 5) is 5.05. The van der Waals surface area contributed by atoms with Crippen molar-refractivity contribution in [3.63, 3.8) is 0 Å². The van der Waals surface area contributed by atoms with E-state index in [9.17, 15) is 5.11 Å². The minimum absolute atomic E-state index is 0.0619. The summed E-state index contributed by atoms with van der Waals surface area (Å²) >= 11 is 0. The zero-order valence-electron chi connectivity index (χ0n) is 10.0. The van der Waals surface area contributed by atoms with Crippen molar-refractivity contribution in [2.45, 2.75) is 51.3 Å². The Morgan fingerprint density at radius 1 is 1.07 bits per heavy atom. The lowest BCUT2D eigenvalue weighted by atomic mass is 10.0. The highest BCUT2D eigenvalue weighted by molar-refractivity contribution is 4.85. The van der Waals surface area contributed by atoms with E-state index < -0.39 is 0 Å². The molecule has 1 N–H and O–H groups in total. The summed E-state index contributed by atoms with van der Waals surface area (Å²) in [6.45, 7) is 9.03. The summed E-state index contributed by atoms with van der Waals surface area (Å²) in [5.41, 5.74) is 0. The third-order valence-electron chi connectivity index (χ3n) is 3.94. The fraction of sp³-hybridized carbons (Fsp3) is 1.00. The maximum absolute atomic E-state index is 9.52. The quantitative estimate of drug-likeness (QED) is 0.737. The molecule has 0 amide bonds. The summed E-state index contributed by atoms with van der Waals surface area (Å²) in [6, 6.07) is 1.42. The van der Waals surface area contributed by atoms with Gasteiger partial charge < -0.3 is 10.0 Å². The van der Waals surface area contributed by atoms with Crippen molar-refractivity contribution in [2.75, 3.05) is 26.2 Å². The Labute approximate surface area is 93.1 Å². The van der Waals surface area contributed by atoms with Gasteiger partial charge >= 0.3 is 0 Å². The zero-order valence-corrected chi connectivity index (χ0v) is 10.0. The van der Waals surface area contributed by atoms with Crippen LogP contribution in [0.2, 0.25) is 0 Å². The number of hydrogen-bond acceptors (Lipinski definition) is 3. The SMILES string of the molecule is CC(C)N1CCC(N2CCC(O)C2)CC1. The van der Waals surface area contributed by atoms with E-state index in [1.807, 2.05) is 0 Å². The average molecular weight is 212 g/mol. The number of β-amino-alcohol motifs (C(OH)–C–C–N with tert-alkyl or cyclic N) is 1. The van der Waals surface area contributed by atoms with Crippen LogP contribution in [0.4, 0.5) is 0 Å². The lowest BCUT2D eigenvalue weighted by molar-refractivity contribution is 0.0945. The van der Waals surface area contributed by atoms with Crippen LogP contribution in [0.3, 0.4) is 0 Å². The van der Waals surface area contributed by atoms with Gasteiger partial charge in [-0.25, -0.2) is 0 Å². The van der Waals surface area contributed by atoms with Gasteiger partial charge in [-0.1, -0.05) is 0 Å². The Morgan fingerprint density at radius 3 is 2.20 bits per heavy atom. The van der Waals surface area contributed by atoms with Crippen molar-refractivity contribution in [3.8, 4) is 0 Å². The van der Waals surface area contributed by atoms with Gasteiger partial charge in [-0.15, -0.1) is 0 Å². The molecule has 88 valence electrons. The molecular formula is C12H24N2O. The van der Waals surface area contributed by atoms with E-state index in [1.54, 1.807) is 0 Å². The van der Waals surface area contributed by atoms with Gasteiger partial charge in [0.25, 0.3) is 0 Å². The molecule has 1 atom stereocenters. The smallest absolute Gasteiger partial charge is 0.0679 e. The molecule has 3 nitrogen and oxygen atoms in total. The van der Waals surface area contributed by atoms with Crippen LogP contribution in [0.15, 0.2) is 0 Å². The minimum Gasteiger partial charge on any atom is -0.392 e. The van der Waals surface area contributed by atoms with E-state index in [-0.39, 0.29) is 6.10 Å². The summed E-state index contributed by atoms with van der Waals surface area (Å²) in [6.07, 6.45) is 3.48. The molecule has 2 heterocycles. The van der Waals surface area contributed by atoms with E-state index in [4.69, 9.17) is 0 Å². The topological polar surface area (TPSA) is 26.7 Å². The number of rotatable bonds is 2. The van der Waals surface area contributed by atoms with E-state index in [0.29, 0.717) is 6.04 Å². The van der Waals surface area contributed by atoms with Gasteiger partial charge in [0.2, 0.25) is 0 Å². The fourth-order valence-corrected chi connectivity index (χ4v) is 2.87. The van der Waals surface area contributed by atoms with Crippen LogP contribution in [0, 0.1) is 0 Å². The average Bonchev–Trinajstić information content (AvgIpc) is 2.65. The maximum Gasteiger partial charge on any atom is 0.0679 e. The molecule has 0 aromatic heterocycles. The molecule has 2 aliphatic heterocycles. The number of aliphatic hydroxyl groups excluding tert-OH is 1.